The van der Waals surface area contributed by atoms with Gasteiger partial charge in [0.25, 0.3) is 0 Å². The van der Waals surface area contributed by atoms with Crippen molar-refractivity contribution in [2.75, 3.05) is 11.5 Å². The average molecular weight is 429 g/mol. The normalized spacial score (nSPS) is 13.7. The quantitative estimate of drug-likeness (QED) is 0.233. The number of rotatable bonds is 10. The molecular weight excluding hydrogens is 404 g/mol. The van der Waals surface area contributed by atoms with E-state index >= 15 is 0 Å². The van der Waals surface area contributed by atoms with Gasteiger partial charge in [0.15, 0.2) is 0 Å². The third kappa shape index (κ3) is 7.69. The topological polar surface area (TPSA) is 151 Å². The molecule has 0 fully saturated rings. The predicted molar refractivity (Wildman–Crippen MR) is 110 cm³/mol. The fourth-order valence-electron chi connectivity index (χ4n) is 2.27. The monoisotopic (exact) mass is 428 g/mol. The number of nitrogens with one attached hydrogen (secondary N) is 3. The number of benzene rings is 1. The highest BCUT2D eigenvalue weighted by Gasteiger charge is 2.27. The van der Waals surface area contributed by atoms with Crippen molar-refractivity contribution in [2.45, 2.75) is 31.5 Å². The Hall–Kier alpha value is -2.40. The van der Waals surface area contributed by atoms with Crippen molar-refractivity contribution in [3.05, 3.63) is 29.8 Å². The number of amides is 4. The van der Waals surface area contributed by atoms with Crippen LogP contribution in [0.3, 0.4) is 0 Å². The minimum absolute atomic E-state index is 0.0388. The van der Waals surface area contributed by atoms with Crippen LogP contribution in [0.2, 0.25) is 0 Å². The van der Waals surface area contributed by atoms with E-state index in [-0.39, 0.29) is 23.7 Å². The SMILES string of the molecule is CC(=O)N[C@@H](CS)C(=O)N[C@@H](CS)C(=O)N[C@@H](Cc1ccc(O)cc1)C(N)=O. The third-order valence-electron chi connectivity index (χ3n) is 3.73. The Kier molecular flexibility index (Phi) is 9.66. The minimum atomic E-state index is -1.05. The fraction of sp³-hybridized carbons (Fsp3) is 0.412. The molecule has 0 bridgehead atoms. The first-order valence-corrected chi connectivity index (χ1v) is 9.61. The Morgan fingerprint density at radius 2 is 1.39 bits per heavy atom. The molecule has 1 rings (SSSR count). The van der Waals surface area contributed by atoms with Crippen LogP contribution >= 0.6 is 25.3 Å². The van der Waals surface area contributed by atoms with Crippen LogP contribution < -0.4 is 21.7 Å². The summed E-state index contributed by atoms with van der Waals surface area (Å²) in [7, 11) is 0. The first-order chi connectivity index (χ1) is 13.2. The molecule has 0 spiro atoms. The second-order valence-electron chi connectivity index (χ2n) is 6.01. The van der Waals surface area contributed by atoms with Crippen molar-refractivity contribution in [1.29, 1.82) is 0 Å². The lowest BCUT2D eigenvalue weighted by Crippen LogP contribution is -2.57. The molecule has 28 heavy (non-hydrogen) atoms. The van der Waals surface area contributed by atoms with E-state index in [0.717, 1.165) is 0 Å². The van der Waals surface area contributed by atoms with Gasteiger partial charge < -0.3 is 26.8 Å². The molecule has 1 aromatic carbocycles. The number of hydrogen-bond acceptors (Lipinski definition) is 7. The highest BCUT2D eigenvalue weighted by molar-refractivity contribution is 7.80. The second-order valence-corrected chi connectivity index (χ2v) is 6.74. The molecule has 0 saturated heterocycles. The Labute approximate surface area is 173 Å². The summed E-state index contributed by atoms with van der Waals surface area (Å²) in [5.41, 5.74) is 6.04. The zero-order valence-electron chi connectivity index (χ0n) is 15.2. The molecule has 0 aliphatic rings. The van der Waals surface area contributed by atoms with Gasteiger partial charge in [0.2, 0.25) is 23.6 Å². The summed E-state index contributed by atoms with van der Waals surface area (Å²) in [6.07, 6.45) is 0.111. The van der Waals surface area contributed by atoms with Gasteiger partial charge in [0.05, 0.1) is 0 Å². The van der Waals surface area contributed by atoms with E-state index in [2.05, 4.69) is 41.2 Å². The van der Waals surface area contributed by atoms with E-state index < -0.39 is 41.8 Å². The van der Waals surface area contributed by atoms with Crippen molar-refractivity contribution < 1.29 is 24.3 Å². The number of hydrogen-bond donors (Lipinski definition) is 7. The molecule has 1 aromatic rings. The lowest BCUT2D eigenvalue weighted by atomic mass is 10.0. The Balaban J connectivity index is 2.78. The van der Waals surface area contributed by atoms with Gasteiger partial charge in [0, 0.05) is 24.9 Å². The van der Waals surface area contributed by atoms with Crippen LogP contribution in [0.4, 0.5) is 0 Å². The van der Waals surface area contributed by atoms with Crippen LogP contribution in [-0.2, 0) is 25.6 Å². The lowest BCUT2D eigenvalue weighted by Gasteiger charge is -2.23. The van der Waals surface area contributed by atoms with Gasteiger partial charge in [-0.05, 0) is 17.7 Å². The zero-order chi connectivity index (χ0) is 21.3. The number of thiol groups is 2. The summed E-state index contributed by atoms with van der Waals surface area (Å²) in [4.78, 5) is 47.5. The smallest absolute Gasteiger partial charge is 0.244 e. The summed E-state index contributed by atoms with van der Waals surface area (Å²) in [5, 5.41) is 16.7. The van der Waals surface area contributed by atoms with Gasteiger partial charge in [-0.15, -0.1) is 0 Å². The van der Waals surface area contributed by atoms with Crippen molar-refractivity contribution in [2.24, 2.45) is 5.73 Å². The van der Waals surface area contributed by atoms with Crippen molar-refractivity contribution in [3.8, 4) is 5.75 Å². The molecule has 0 unspecified atom stereocenters. The van der Waals surface area contributed by atoms with Crippen LogP contribution in [0.1, 0.15) is 12.5 Å². The number of nitrogens with two attached hydrogens (primary N) is 1. The summed E-state index contributed by atoms with van der Waals surface area (Å²) in [5.74, 6) is -2.35. The highest BCUT2D eigenvalue weighted by atomic mass is 32.1. The van der Waals surface area contributed by atoms with Crippen molar-refractivity contribution >= 4 is 48.9 Å². The summed E-state index contributed by atoms with van der Waals surface area (Å²) in [6.45, 7) is 1.26. The standard InChI is InChI=1S/C17H24N4O5S2/c1-9(22)19-13(7-27)16(25)21-14(8-28)17(26)20-12(15(18)24)6-10-2-4-11(23)5-3-10/h2-5,12-14,23,27-28H,6-8H2,1H3,(H2,18,24)(H,19,22)(H,20,26)(H,21,25)/t12-,13-,14-/m0/s1. The molecule has 0 aliphatic carbocycles. The number of phenols is 1. The van der Waals surface area contributed by atoms with Crippen LogP contribution in [0.5, 0.6) is 5.75 Å². The number of carbonyl (C=O) groups is 4. The molecule has 9 nitrogen and oxygen atoms in total. The predicted octanol–water partition coefficient (Wildman–Crippen LogP) is -1.25. The number of carbonyl (C=O) groups excluding carboxylic acids is 4. The van der Waals surface area contributed by atoms with Crippen molar-refractivity contribution in [3.63, 3.8) is 0 Å². The maximum absolute atomic E-state index is 12.5. The molecule has 154 valence electrons. The summed E-state index contributed by atoms with van der Waals surface area (Å²) >= 11 is 8.06. The van der Waals surface area contributed by atoms with E-state index in [1.165, 1.54) is 19.1 Å². The van der Waals surface area contributed by atoms with Gasteiger partial charge >= 0.3 is 0 Å². The summed E-state index contributed by atoms with van der Waals surface area (Å²) < 4.78 is 0. The minimum Gasteiger partial charge on any atom is -0.508 e. The maximum atomic E-state index is 12.5. The molecule has 3 atom stereocenters. The van der Waals surface area contributed by atoms with E-state index in [0.29, 0.717) is 5.56 Å². The van der Waals surface area contributed by atoms with Crippen LogP contribution in [-0.4, -0.2) is 58.4 Å². The number of phenolic OH excluding ortho intramolecular Hbond substituents is 1. The van der Waals surface area contributed by atoms with E-state index in [9.17, 15) is 24.3 Å². The van der Waals surface area contributed by atoms with E-state index in [1.807, 2.05) is 0 Å². The molecule has 0 heterocycles. The second kappa shape index (κ2) is 11.4. The molecule has 0 radical (unpaired) electrons. The maximum Gasteiger partial charge on any atom is 0.244 e. The first-order valence-electron chi connectivity index (χ1n) is 8.34. The zero-order valence-corrected chi connectivity index (χ0v) is 17.0. The molecule has 11 heteroatoms. The van der Waals surface area contributed by atoms with Gasteiger partial charge in [-0.25, -0.2) is 0 Å². The molecule has 0 aromatic heterocycles. The van der Waals surface area contributed by atoms with Gasteiger partial charge in [-0.1, -0.05) is 12.1 Å². The Morgan fingerprint density at radius 3 is 1.82 bits per heavy atom. The van der Waals surface area contributed by atoms with Crippen molar-refractivity contribution in [1.82, 2.24) is 16.0 Å². The first kappa shape index (κ1) is 23.6. The molecule has 0 aliphatic heterocycles. The molecule has 4 amide bonds. The van der Waals surface area contributed by atoms with E-state index in [4.69, 9.17) is 5.73 Å². The Morgan fingerprint density at radius 1 is 0.929 bits per heavy atom. The fourth-order valence-corrected chi connectivity index (χ4v) is 2.78. The van der Waals surface area contributed by atoms with Crippen LogP contribution in [0.25, 0.3) is 0 Å². The number of aromatic hydroxyl groups is 1. The summed E-state index contributed by atoms with van der Waals surface area (Å²) in [6, 6.07) is 3.11. The highest BCUT2D eigenvalue weighted by Crippen LogP contribution is 2.11. The van der Waals surface area contributed by atoms with E-state index in [1.54, 1.807) is 12.1 Å². The Bertz CT molecular complexity index is 714. The van der Waals surface area contributed by atoms with Crippen LogP contribution in [0, 0.1) is 0 Å². The van der Waals surface area contributed by atoms with Gasteiger partial charge in [-0.2, -0.15) is 25.3 Å². The number of primary amides is 1. The largest absolute Gasteiger partial charge is 0.508 e. The average Bonchev–Trinajstić information content (AvgIpc) is 2.64. The van der Waals surface area contributed by atoms with Gasteiger partial charge in [0.1, 0.15) is 23.9 Å². The molecule has 0 saturated carbocycles. The van der Waals surface area contributed by atoms with Crippen LogP contribution in [0.15, 0.2) is 24.3 Å². The lowest BCUT2D eigenvalue weighted by molar-refractivity contribution is -0.132. The van der Waals surface area contributed by atoms with Gasteiger partial charge in [-0.3, -0.25) is 19.2 Å². The molecular formula is C17H24N4O5S2. The molecule has 6 N–H and O–H groups in total. The third-order valence-corrected chi connectivity index (χ3v) is 4.46.